The highest BCUT2D eigenvalue weighted by Crippen LogP contribution is 2.16. The third kappa shape index (κ3) is 4.46. The van der Waals surface area contributed by atoms with Crippen molar-refractivity contribution in [3.63, 3.8) is 0 Å². The summed E-state index contributed by atoms with van der Waals surface area (Å²) in [5, 5.41) is 6.67. The van der Waals surface area contributed by atoms with Gasteiger partial charge in [0.1, 0.15) is 0 Å². The highest BCUT2D eigenvalue weighted by Gasteiger charge is 2.28. The molecule has 2 atom stereocenters. The molecule has 0 saturated carbocycles. The molecule has 19 heavy (non-hydrogen) atoms. The van der Waals surface area contributed by atoms with Gasteiger partial charge in [-0.05, 0) is 51.6 Å². The average molecular weight is 267 g/mol. The van der Waals surface area contributed by atoms with Crippen LogP contribution in [-0.2, 0) is 4.79 Å². The van der Waals surface area contributed by atoms with Gasteiger partial charge < -0.3 is 10.6 Å². The van der Waals surface area contributed by atoms with Crippen LogP contribution in [0.2, 0.25) is 0 Å². The lowest BCUT2D eigenvalue weighted by Crippen LogP contribution is -2.52. The maximum absolute atomic E-state index is 12.2. The van der Waals surface area contributed by atoms with Gasteiger partial charge in [0.05, 0.1) is 6.04 Å². The normalized spacial score (nSPS) is 29.1. The summed E-state index contributed by atoms with van der Waals surface area (Å²) < 4.78 is 0. The molecule has 0 aromatic carbocycles. The van der Waals surface area contributed by atoms with Crippen molar-refractivity contribution in [3.05, 3.63) is 0 Å². The van der Waals surface area contributed by atoms with Gasteiger partial charge in [-0.2, -0.15) is 0 Å². The highest BCUT2D eigenvalue weighted by molar-refractivity contribution is 5.81. The average Bonchev–Trinajstić information content (AvgIpc) is 2.64. The van der Waals surface area contributed by atoms with Crippen molar-refractivity contribution in [2.45, 2.75) is 64.0 Å². The topological polar surface area (TPSA) is 44.4 Å². The molecule has 2 fully saturated rings. The second-order valence-electron chi connectivity index (χ2n) is 5.94. The fourth-order valence-electron chi connectivity index (χ4n) is 3.30. The van der Waals surface area contributed by atoms with Gasteiger partial charge in [0.2, 0.25) is 5.91 Å². The molecule has 110 valence electrons. The predicted molar refractivity (Wildman–Crippen MR) is 78.2 cm³/mol. The van der Waals surface area contributed by atoms with Gasteiger partial charge in [-0.3, -0.25) is 9.69 Å². The van der Waals surface area contributed by atoms with Crippen molar-refractivity contribution in [2.24, 2.45) is 0 Å². The summed E-state index contributed by atoms with van der Waals surface area (Å²) in [7, 11) is 0. The van der Waals surface area contributed by atoms with E-state index in [9.17, 15) is 4.79 Å². The Labute approximate surface area is 117 Å². The molecule has 2 N–H and O–H groups in total. The fourth-order valence-corrected chi connectivity index (χ4v) is 3.30. The summed E-state index contributed by atoms with van der Waals surface area (Å²) in [4.78, 5) is 14.6. The summed E-state index contributed by atoms with van der Waals surface area (Å²) in [5.74, 6) is 0.252. The molecule has 1 amide bonds. The van der Waals surface area contributed by atoms with Crippen LogP contribution in [0, 0.1) is 0 Å². The smallest absolute Gasteiger partial charge is 0.237 e. The summed E-state index contributed by atoms with van der Waals surface area (Å²) in [6, 6.07) is 0.683. The van der Waals surface area contributed by atoms with Gasteiger partial charge >= 0.3 is 0 Å². The Morgan fingerprint density at radius 3 is 2.68 bits per heavy atom. The maximum Gasteiger partial charge on any atom is 0.237 e. The van der Waals surface area contributed by atoms with E-state index in [0.717, 1.165) is 45.4 Å². The van der Waals surface area contributed by atoms with Gasteiger partial charge in [0, 0.05) is 19.1 Å². The second-order valence-corrected chi connectivity index (χ2v) is 5.94. The maximum atomic E-state index is 12.2. The number of hydrogen-bond acceptors (Lipinski definition) is 3. The molecule has 2 aliphatic heterocycles. The zero-order valence-electron chi connectivity index (χ0n) is 12.3. The molecule has 0 bridgehead atoms. The zero-order valence-corrected chi connectivity index (χ0v) is 12.3. The van der Waals surface area contributed by atoms with E-state index in [2.05, 4.69) is 22.5 Å². The van der Waals surface area contributed by atoms with Gasteiger partial charge in [-0.25, -0.2) is 0 Å². The number of piperidine rings is 1. The number of amides is 1. The van der Waals surface area contributed by atoms with Crippen LogP contribution in [-0.4, -0.2) is 49.1 Å². The Morgan fingerprint density at radius 1 is 1.16 bits per heavy atom. The van der Waals surface area contributed by atoms with Gasteiger partial charge in [0.25, 0.3) is 0 Å². The molecule has 2 rings (SSSR count). The van der Waals surface area contributed by atoms with Gasteiger partial charge in [0.15, 0.2) is 0 Å². The van der Waals surface area contributed by atoms with Crippen molar-refractivity contribution in [1.29, 1.82) is 0 Å². The summed E-state index contributed by atoms with van der Waals surface area (Å²) in [6.07, 6.45) is 8.33. The van der Waals surface area contributed by atoms with Crippen LogP contribution in [0.25, 0.3) is 0 Å². The summed E-state index contributed by atoms with van der Waals surface area (Å²) in [6.45, 7) is 6.27. The summed E-state index contributed by atoms with van der Waals surface area (Å²) >= 11 is 0. The van der Waals surface area contributed by atoms with Crippen molar-refractivity contribution in [1.82, 2.24) is 15.5 Å². The van der Waals surface area contributed by atoms with E-state index in [0.29, 0.717) is 6.04 Å². The molecule has 4 heteroatoms. The Balaban J connectivity index is 1.94. The molecule has 0 radical (unpaired) electrons. The first-order chi connectivity index (χ1) is 9.31. The highest BCUT2D eigenvalue weighted by atomic mass is 16.2. The first kappa shape index (κ1) is 14.8. The van der Waals surface area contributed by atoms with Crippen LogP contribution >= 0.6 is 0 Å². The van der Waals surface area contributed by atoms with Crippen LogP contribution in [0.5, 0.6) is 0 Å². The molecule has 0 aromatic heterocycles. The number of hydrogen-bond donors (Lipinski definition) is 2. The molecular formula is C15H29N3O. The Bertz CT molecular complexity index is 277. The summed E-state index contributed by atoms with van der Waals surface area (Å²) in [5.41, 5.74) is 0. The van der Waals surface area contributed by atoms with E-state index in [1.807, 2.05) is 0 Å². The third-order valence-corrected chi connectivity index (χ3v) is 4.33. The third-order valence-electron chi connectivity index (χ3n) is 4.33. The quantitative estimate of drug-likeness (QED) is 0.793. The second kappa shape index (κ2) is 7.85. The Kier molecular flexibility index (Phi) is 6.11. The first-order valence-corrected chi connectivity index (χ1v) is 8.06. The minimum absolute atomic E-state index is 0.103. The lowest BCUT2D eigenvalue weighted by Gasteiger charge is -2.34. The first-order valence-electron chi connectivity index (χ1n) is 8.06. The number of nitrogens with zero attached hydrogens (tertiary/aromatic N) is 1. The van der Waals surface area contributed by atoms with E-state index in [-0.39, 0.29) is 11.9 Å². The van der Waals surface area contributed by atoms with E-state index in [1.54, 1.807) is 0 Å². The molecule has 2 heterocycles. The van der Waals surface area contributed by atoms with Gasteiger partial charge in [-0.1, -0.05) is 13.3 Å². The molecular weight excluding hydrogens is 238 g/mol. The standard InChI is InChI=1S/C15H29N3O/c1-2-11-18(12-13-7-3-5-9-16-13)14-8-4-6-10-17-15(14)19/h13-14,16H,2-12H2,1H3,(H,17,19). The van der Waals surface area contributed by atoms with Crippen molar-refractivity contribution < 1.29 is 4.79 Å². The van der Waals surface area contributed by atoms with E-state index >= 15 is 0 Å². The van der Waals surface area contributed by atoms with Crippen molar-refractivity contribution >= 4 is 5.91 Å². The van der Waals surface area contributed by atoms with Gasteiger partial charge in [-0.15, -0.1) is 0 Å². The van der Waals surface area contributed by atoms with Crippen LogP contribution in [0.4, 0.5) is 0 Å². The predicted octanol–water partition coefficient (Wildman–Crippen LogP) is 1.51. The van der Waals surface area contributed by atoms with Crippen molar-refractivity contribution in [2.75, 3.05) is 26.2 Å². The molecule has 2 saturated heterocycles. The number of carbonyl (C=O) groups is 1. The van der Waals surface area contributed by atoms with E-state index in [1.165, 1.54) is 25.7 Å². The van der Waals surface area contributed by atoms with Crippen LogP contribution in [0.1, 0.15) is 51.9 Å². The number of nitrogens with one attached hydrogen (secondary N) is 2. The zero-order chi connectivity index (χ0) is 13.5. The minimum Gasteiger partial charge on any atom is -0.355 e. The molecule has 0 spiro atoms. The van der Waals surface area contributed by atoms with Crippen LogP contribution in [0.15, 0.2) is 0 Å². The Hall–Kier alpha value is -0.610. The molecule has 0 aliphatic carbocycles. The molecule has 0 aromatic rings. The lowest BCUT2D eigenvalue weighted by atomic mass is 10.0. The lowest BCUT2D eigenvalue weighted by molar-refractivity contribution is -0.126. The van der Waals surface area contributed by atoms with Crippen molar-refractivity contribution in [3.8, 4) is 0 Å². The minimum atomic E-state index is 0.103. The van der Waals surface area contributed by atoms with Crippen LogP contribution < -0.4 is 10.6 Å². The Morgan fingerprint density at radius 2 is 1.95 bits per heavy atom. The SMILES string of the molecule is CCCN(CC1CCCCN1)C1CCCCNC1=O. The van der Waals surface area contributed by atoms with E-state index < -0.39 is 0 Å². The van der Waals surface area contributed by atoms with Crippen LogP contribution in [0.3, 0.4) is 0 Å². The number of rotatable bonds is 5. The largest absolute Gasteiger partial charge is 0.355 e. The van der Waals surface area contributed by atoms with E-state index in [4.69, 9.17) is 0 Å². The molecule has 4 nitrogen and oxygen atoms in total. The number of carbonyl (C=O) groups excluding carboxylic acids is 1. The fraction of sp³-hybridized carbons (Fsp3) is 0.933. The monoisotopic (exact) mass is 267 g/mol. The molecule has 2 unspecified atom stereocenters. The molecule has 2 aliphatic rings.